The fourth-order valence-corrected chi connectivity index (χ4v) is 2.71. The van der Waals surface area contributed by atoms with E-state index in [-0.39, 0.29) is 5.02 Å². The predicted molar refractivity (Wildman–Crippen MR) is 95.0 cm³/mol. The van der Waals surface area contributed by atoms with Crippen LogP contribution >= 0.6 is 11.6 Å². The van der Waals surface area contributed by atoms with E-state index in [9.17, 15) is 4.39 Å². The minimum absolute atomic E-state index is 0.0720. The van der Waals surface area contributed by atoms with Crippen LogP contribution in [0.2, 0.25) is 5.02 Å². The molecule has 1 N–H and O–H groups in total. The highest BCUT2D eigenvalue weighted by atomic mass is 35.5. The van der Waals surface area contributed by atoms with Gasteiger partial charge in [-0.2, -0.15) is 5.10 Å². The summed E-state index contributed by atoms with van der Waals surface area (Å²) in [5.41, 5.74) is 3.27. The Balaban J connectivity index is 1.66. The van der Waals surface area contributed by atoms with E-state index in [0.717, 1.165) is 16.7 Å². The lowest BCUT2D eigenvalue weighted by Crippen LogP contribution is -2.03. The zero-order valence-corrected chi connectivity index (χ0v) is 13.8. The standard InChI is InChI=1S/C18H13ClFN5/c19-15-8-13(3-4-16(15)20)14-11-23-25-7-5-17(24-18(14)25)22-10-12-2-1-6-21-9-12/h1-9,11H,10H2,(H,22,24). The summed E-state index contributed by atoms with van der Waals surface area (Å²) in [4.78, 5) is 8.70. The van der Waals surface area contributed by atoms with Crippen LogP contribution in [0.3, 0.4) is 0 Å². The molecule has 0 unspecified atom stereocenters. The van der Waals surface area contributed by atoms with Gasteiger partial charge in [-0.15, -0.1) is 0 Å². The molecule has 3 heterocycles. The topological polar surface area (TPSA) is 55.1 Å². The van der Waals surface area contributed by atoms with Crippen molar-refractivity contribution in [3.8, 4) is 11.1 Å². The number of pyridine rings is 1. The molecule has 25 heavy (non-hydrogen) atoms. The Morgan fingerprint density at radius 1 is 1.16 bits per heavy atom. The van der Waals surface area contributed by atoms with Crippen molar-refractivity contribution < 1.29 is 4.39 Å². The lowest BCUT2D eigenvalue weighted by molar-refractivity contribution is 0.628. The van der Waals surface area contributed by atoms with Crippen LogP contribution in [0.1, 0.15) is 5.56 Å². The van der Waals surface area contributed by atoms with Gasteiger partial charge in [-0.25, -0.2) is 13.9 Å². The number of aromatic nitrogens is 4. The van der Waals surface area contributed by atoms with Crippen molar-refractivity contribution in [2.24, 2.45) is 0 Å². The first kappa shape index (κ1) is 15.5. The third kappa shape index (κ3) is 3.16. The van der Waals surface area contributed by atoms with E-state index in [1.165, 1.54) is 6.07 Å². The average Bonchev–Trinajstić information content (AvgIpc) is 3.06. The summed E-state index contributed by atoms with van der Waals surface area (Å²) in [6.45, 7) is 0.614. The van der Waals surface area contributed by atoms with Gasteiger partial charge in [0.15, 0.2) is 5.65 Å². The third-order valence-corrected chi connectivity index (χ3v) is 4.09. The van der Waals surface area contributed by atoms with E-state index >= 15 is 0 Å². The zero-order chi connectivity index (χ0) is 17.2. The van der Waals surface area contributed by atoms with Crippen molar-refractivity contribution in [3.63, 3.8) is 0 Å². The monoisotopic (exact) mass is 353 g/mol. The third-order valence-electron chi connectivity index (χ3n) is 3.80. The van der Waals surface area contributed by atoms with Crippen LogP contribution in [-0.4, -0.2) is 19.6 Å². The van der Waals surface area contributed by atoms with Crippen molar-refractivity contribution in [2.45, 2.75) is 6.54 Å². The van der Waals surface area contributed by atoms with Gasteiger partial charge in [0.2, 0.25) is 0 Å². The maximum absolute atomic E-state index is 13.4. The molecule has 5 nitrogen and oxygen atoms in total. The maximum atomic E-state index is 13.4. The highest BCUT2D eigenvalue weighted by Gasteiger charge is 2.11. The molecule has 124 valence electrons. The Hall–Kier alpha value is -2.99. The molecular weight excluding hydrogens is 341 g/mol. The first-order chi connectivity index (χ1) is 12.2. The van der Waals surface area contributed by atoms with Crippen LogP contribution in [0.5, 0.6) is 0 Å². The van der Waals surface area contributed by atoms with Crippen LogP contribution in [0.15, 0.2) is 61.2 Å². The SMILES string of the molecule is Fc1ccc(-c2cnn3ccc(NCc4cccnc4)nc23)cc1Cl. The normalized spacial score (nSPS) is 11.0. The molecule has 7 heteroatoms. The molecule has 0 bridgehead atoms. The van der Waals surface area contributed by atoms with Gasteiger partial charge in [-0.3, -0.25) is 4.98 Å². The van der Waals surface area contributed by atoms with Gasteiger partial charge in [0.05, 0.1) is 11.2 Å². The summed E-state index contributed by atoms with van der Waals surface area (Å²) in [5, 5.41) is 7.62. The van der Waals surface area contributed by atoms with E-state index in [2.05, 4.69) is 20.4 Å². The van der Waals surface area contributed by atoms with Crippen molar-refractivity contribution in [2.75, 3.05) is 5.32 Å². The minimum atomic E-state index is -0.450. The lowest BCUT2D eigenvalue weighted by atomic mass is 10.1. The quantitative estimate of drug-likeness (QED) is 0.597. The molecule has 0 aliphatic rings. The van der Waals surface area contributed by atoms with Crippen molar-refractivity contribution in [1.82, 2.24) is 19.6 Å². The number of hydrogen-bond donors (Lipinski definition) is 1. The number of hydrogen-bond acceptors (Lipinski definition) is 4. The zero-order valence-electron chi connectivity index (χ0n) is 13.0. The summed E-state index contributed by atoms with van der Waals surface area (Å²) >= 11 is 5.89. The number of halogens is 2. The van der Waals surface area contributed by atoms with Gasteiger partial charge in [-0.05, 0) is 35.4 Å². The highest BCUT2D eigenvalue weighted by molar-refractivity contribution is 6.31. The van der Waals surface area contributed by atoms with Gasteiger partial charge < -0.3 is 5.32 Å². The number of anilines is 1. The van der Waals surface area contributed by atoms with Gasteiger partial charge in [0, 0.05) is 30.7 Å². The van der Waals surface area contributed by atoms with Crippen molar-refractivity contribution >= 4 is 23.1 Å². The second kappa shape index (κ2) is 6.49. The van der Waals surface area contributed by atoms with E-state index in [4.69, 9.17) is 11.6 Å². The molecule has 0 saturated carbocycles. The lowest BCUT2D eigenvalue weighted by Gasteiger charge is -2.06. The van der Waals surface area contributed by atoms with Crippen LogP contribution in [0, 0.1) is 5.82 Å². The van der Waals surface area contributed by atoms with Gasteiger partial charge in [-0.1, -0.05) is 23.7 Å². The molecule has 4 aromatic rings. The molecule has 4 rings (SSSR count). The fourth-order valence-electron chi connectivity index (χ4n) is 2.53. The summed E-state index contributed by atoms with van der Waals surface area (Å²) < 4.78 is 15.1. The number of nitrogens with zero attached hydrogens (tertiary/aromatic N) is 4. The number of rotatable bonds is 4. The molecule has 3 aromatic heterocycles. The van der Waals surface area contributed by atoms with E-state index < -0.39 is 5.82 Å². The molecule has 0 aliphatic heterocycles. The Morgan fingerprint density at radius 2 is 2.08 bits per heavy atom. The number of nitrogens with one attached hydrogen (secondary N) is 1. The summed E-state index contributed by atoms with van der Waals surface area (Å²) in [5.74, 6) is 0.264. The van der Waals surface area contributed by atoms with Gasteiger partial charge >= 0.3 is 0 Å². The smallest absolute Gasteiger partial charge is 0.165 e. The molecule has 1 aromatic carbocycles. The Bertz CT molecular complexity index is 1030. The van der Waals surface area contributed by atoms with E-state index in [0.29, 0.717) is 18.0 Å². The maximum Gasteiger partial charge on any atom is 0.165 e. The van der Waals surface area contributed by atoms with Crippen molar-refractivity contribution in [1.29, 1.82) is 0 Å². The molecule has 0 aliphatic carbocycles. The van der Waals surface area contributed by atoms with Crippen LogP contribution < -0.4 is 5.32 Å². The van der Waals surface area contributed by atoms with Gasteiger partial charge in [0.25, 0.3) is 0 Å². The second-order valence-electron chi connectivity index (χ2n) is 5.48. The molecule has 0 spiro atoms. The molecule has 0 saturated heterocycles. The van der Waals surface area contributed by atoms with Crippen LogP contribution in [-0.2, 0) is 6.54 Å². The summed E-state index contributed by atoms with van der Waals surface area (Å²) in [6.07, 6.45) is 7.05. The number of fused-ring (bicyclic) bond motifs is 1. The van der Waals surface area contributed by atoms with E-state index in [1.54, 1.807) is 35.2 Å². The molecule has 0 fully saturated rings. The largest absolute Gasteiger partial charge is 0.366 e. The van der Waals surface area contributed by atoms with Crippen molar-refractivity contribution in [3.05, 3.63) is 77.6 Å². The van der Waals surface area contributed by atoms with E-state index in [1.807, 2.05) is 24.4 Å². The Kier molecular flexibility index (Phi) is 4.03. The minimum Gasteiger partial charge on any atom is -0.366 e. The highest BCUT2D eigenvalue weighted by Crippen LogP contribution is 2.27. The summed E-state index contributed by atoms with van der Waals surface area (Å²) in [6, 6.07) is 10.3. The first-order valence-corrected chi connectivity index (χ1v) is 8.01. The molecule has 0 atom stereocenters. The average molecular weight is 354 g/mol. The Labute approximate surface area is 148 Å². The van der Waals surface area contributed by atoms with Gasteiger partial charge in [0.1, 0.15) is 11.6 Å². The molecular formula is C18H13ClFN5. The Morgan fingerprint density at radius 3 is 2.88 bits per heavy atom. The van der Waals surface area contributed by atoms with Crippen LogP contribution in [0.25, 0.3) is 16.8 Å². The predicted octanol–water partition coefficient (Wildman–Crippen LogP) is 4.20. The van der Waals surface area contributed by atoms with Crippen LogP contribution in [0.4, 0.5) is 10.2 Å². The number of benzene rings is 1. The molecule has 0 radical (unpaired) electrons. The first-order valence-electron chi connectivity index (χ1n) is 7.63. The molecule has 0 amide bonds. The fraction of sp³-hybridized carbons (Fsp3) is 0.0556. The summed E-state index contributed by atoms with van der Waals surface area (Å²) in [7, 11) is 0. The second-order valence-corrected chi connectivity index (χ2v) is 5.89.